The Morgan fingerprint density at radius 1 is 0.818 bits per heavy atom. The van der Waals surface area contributed by atoms with Crippen molar-refractivity contribution >= 4 is 0 Å². The summed E-state index contributed by atoms with van der Waals surface area (Å²) in [6.07, 6.45) is 2.13. The number of hydrogen-bond acceptors (Lipinski definition) is 4. The van der Waals surface area contributed by atoms with E-state index in [2.05, 4.69) is 72.9 Å². The molecule has 0 aliphatic carbocycles. The van der Waals surface area contributed by atoms with Gasteiger partial charge >= 0.3 is 0 Å². The molecule has 2 atom stereocenters. The molecule has 1 heterocycles. The van der Waals surface area contributed by atoms with Crippen LogP contribution in [0.2, 0.25) is 0 Å². The summed E-state index contributed by atoms with van der Waals surface area (Å²) < 4.78 is 18.0. The number of hydrogen-bond donors (Lipinski definition) is 1. The average Bonchev–Trinajstić information content (AvgIpc) is 2.87. The Bertz CT molecular complexity index is 941. The van der Waals surface area contributed by atoms with Crippen molar-refractivity contribution in [2.24, 2.45) is 0 Å². The van der Waals surface area contributed by atoms with Crippen LogP contribution in [0.15, 0.2) is 78.9 Å². The van der Waals surface area contributed by atoms with Crippen LogP contribution in [0.5, 0.6) is 5.75 Å². The Kier molecular flexibility index (Phi) is 8.93. The van der Waals surface area contributed by atoms with E-state index in [1.165, 1.54) is 22.3 Å². The lowest BCUT2D eigenvalue weighted by atomic mass is 9.87. The van der Waals surface area contributed by atoms with Crippen LogP contribution in [0.4, 0.5) is 0 Å². The zero-order valence-electron chi connectivity index (χ0n) is 19.5. The summed E-state index contributed by atoms with van der Waals surface area (Å²) in [6.45, 7) is 6.67. The van der Waals surface area contributed by atoms with Crippen molar-refractivity contribution in [1.82, 2.24) is 5.32 Å². The lowest BCUT2D eigenvalue weighted by Gasteiger charge is -2.32. The van der Waals surface area contributed by atoms with Crippen LogP contribution in [0.3, 0.4) is 0 Å². The van der Waals surface area contributed by atoms with Gasteiger partial charge in [0.15, 0.2) is 0 Å². The summed E-state index contributed by atoms with van der Waals surface area (Å²) in [6, 6.07) is 27.4. The Labute approximate surface area is 197 Å². The van der Waals surface area contributed by atoms with E-state index in [4.69, 9.17) is 14.2 Å². The molecular weight excluding hydrogens is 410 g/mol. The van der Waals surface area contributed by atoms with E-state index in [0.717, 1.165) is 31.7 Å². The first kappa shape index (κ1) is 23.5. The molecule has 2 unspecified atom stereocenters. The number of piperidine rings is 1. The SMILES string of the molecule is Cc1ccc(COC2CNCCC2c2ccc(OCCCOCc3ccccc3)cc2)cc1. The van der Waals surface area contributed by atoms with Gasteiger partial charge in [0.05, 0.1) is 32.5 Å². The maximum absolute atomic E-state index is 6.33. The van der Waals surface area contributed by atoms with Gasteiger partial charge in [0.1, 0.15) is 5.75 Å². The van der Waals surface area contributed by atoms with Gasteiger partial charge in [-0.05, 0) is 48.7 Å². The van der Waals surface area contributed by atoms with Crippen molar-refractivity contribution < 1.29 is 14.2 Å². The van der Waals surface area contributed by atoms with Gasteiger partial charge in [-0.15, -0.1) is 0 Å². The molecule has 0 radical (unpaired) electrons. The first-order chi connectivity index (χ1) is 16.3. The molecule has 0 saturated carbocycles. The Morgan fingerprint density at radius 2 is 1.58 bits per heavy atom. The van der Waals surface area contributed by atoms with E-state index in [1.54, 1.807) is 0 Å². The fourth-order valence-electron chi connectivity index (χ4n) is 4.20. The van der Waals surface area contributed by atoms with Crippen molar-refractivity contribution in [2.45, 2.75) is 45.0 Å². The van der Waals surface area contributed by atoms with Gasteiger partial charge in [-0.1, -0.05) is 72.3 Å². The molecule has 0 amide bonds. The zero-order valence-corrected chi connectivity index (χ0v) is 19.5. The third-order valence-corrected chi connectivity index (χ3v) is 6.13. The average molecular weight is 446 g/mol. The molecule has 1 aliphatic heterocycles. The van der Waals surface area contributed by atoms with Gasteiger partial charge < -0.3 is 19.5 Å². The minimum atomic E-state index is 0.175. The number of aryl methyl sites for hydroxylation is 1. The maximum atomic E-state index is 6.33. The van der Waals surface area contributed by atoms with Crippen LogP contribution in [-0.2, 0) is 22.7 Å². The standard InChI is InChI=1S/C29H35NO3/c1-23-8-10-25(11-9-23)22-33-29-20-30-17-16-28(29)26-12-14-27(15-13-26)32-19-5-18-31-21-24-6-3-2-4-7-24/h2-4,6-15,28-30H,5,16-22H2,1H3. The lowest BCUT2D eigenvalue weighted by molar-refractivity contribution is 0.0106. The highest BCUT2D eigenvalue weighted by molar-refractivity contribution is 5.30. The molecule has 33 heavy (non-hydrogen) atoms. The molecule has 4 nitrogen and oxygen atoms in total. The second-order valence-corrected chi connectivity index (χ2v) is 8.74. The maximum Gasteiger partial charge on any atom is 0.119 e. The molecule has 3 aromatic rings. The molecule has 1 N–H and O–H groups in total. The van der Waals surface area contributed by atoms with Crippen molar-refractivity contribution in [3.05, 3.63) is 101 Å². The normalized spacial score (nSPS) is 18.2. The second kappa shape index (κ2) is 12.5. The molecule has 0 bridgehead atoms. The predicted molar refractivity (Wildman–Crippen MR) is 133 cm³/mol. The molecule has 4 rings (SSSR count). The van der Waals surface area contributed by atoms with E-state index in [0.29, 0.717) is 32.3 Å². The van der Waals surface area contributed by atoms with Gasteiger partial charge in [-0.25, -0.2) is 0 Å². The van der Waals surface area contributed by atoms with E-state index in [-0.39, 0.29) is 6.10 Å². The van der Waals surface area contributed by atoms with Gasteiger partial charge in [0, 0.05) is 18.9 Å². The van der Waals surface area contributed by atoms with Crippen LogP contribution in [-0.4, -0.2) is 32.4 Å². The zero-order chi connectivity index (χ0) is 22.7. The topological polar surface area (TPSA) is 39.7 Å². The lowest BCUT2D eigenvalue weighted by Crippen LogP contribution is -2.40. The number of benzene rings is 3. The Morgan fingerprint density at radius 3 is 2.36 bits per heavy atom. The fourth-order valence-corrected chi connectivity index (χ4v) is 4.20. The third-order valence-electron chi connectivity index (χ3n) is 6.13. The number of nitrogens with one attached hydrogen (secondary N) is 1. The van der Waals surface area contributed by atoms with E-state index in [1.807, 2.05) is 18.2 Å². The van der Waals surface area contributed by atoms with Crippen molar-refractivity contribution in [3.8, 4) is 5.75 Å². The Hall–Kier alpha value is -2.66. The summed E-state index contributed by atoms with van der Waals surface area (Å²) in [7, 11) is 0. The largest absolute Gasteiger partial charge is 0.494 e. The second-order valence-electron chi connectivity index (χ2n) is 8.74. The molecule has 1 saturated heterocycles. The first-order valence-corrected chi connectivity index (χ1v) is 12.0. The minimum absolute atomic E-state index is 0.175. The summed E-state index contributed by atoms with van der Waals surface area (Å²) in [5, 5.41) is 3.48. The first-order valence-electron chi connectivity index (χ1n) is 12.0. The molecule has 4 heteroatoms. The summed E-state index contributed by atoms with van der Waals surface area (Å²) in [5.41, 5.74) is 5.02. The van der Waals surface area contributed by atoms with Crippen molar-refractivity contribution in [1.29, 1.82) is 0 Å². The third kappa shape index (κ3) is 7.43. The molecular formula is C29H35NO3. The molecule has 1 aliphatic rings. The van der Waals surface area contributed by atoms with Gasteiger partial charge in [0.2, 0.25) is 0 Å². The molecule has 1 fully saturated rings. The highest BCUT2D eigenvalue weighted by Gasteiger charge is 2.27. The monoisotopic (exact) mass is 445 g/mol. The van der Waals surface area contributed by atoms with Crippen LogP contribution >= 0.6 is 0 Å². The highest BCUT2D eigenvalue weighted by Crippen LogP contribution is 2.29. The van der Waals surface area contributed by atoms with Crippen LogP contribution < -0.4 is 10.1 Å². The molecule has 0 aromatic heterocycles. The van der Waals surface area contributed by atoms with Crippen LogP contribution in [0.1, 0.15) is 41.0 Å². The van der Waals surface area contributed by atoms with E-state index in [9.17, 15) is 0 Å². The predicted octanol–water partition coefficient (Wildman–Crippen LogP) is 5.64. The molecule has 3 aromatic carbocycles. The van der Waals surface area contributed by atoms with Crippen LogP contribution in [0.25, 0.3) is 0 Å². The van der Waals surface area contributed by atoms with E-state index < -0.39 is 0 Å². The number of ether oxygens (including phenoxy) is 3. The number of rotatable bonds is 11. The van der Waals surface area contributed by atoms with Gasteiger partial charge in [-0.3, -0.25) is 0 Å². The summed E-state index contributed by atoms with van der Waals surface area (Å²) >= 11 is 0. The molecule has 0 spiro atoms. The smallest absolute Gasteiger partial charge is 0.119 e. The van der Waals surface area contributed by atoms with Crippen molar-refractivity contribution in [2.75, 3.05) is 26.3 Å². The quantitative estimate of drug-likeness (QED) is 0.388. The van der Waals surface area contributed by atoms with Crippen molar-refractivity contribution in [3.63, 3.8) is 0 Å². The van der Waals surface area contributed by atoms with Gasteiger partial charge in [0.25, 0.3) is 0 Å². The minimum Gasteiger partial charge on any atom is -0.494 e. The Balaban J connectivity index is 1.20. The molecule has 174 valence electrons. The van der Waals surface area contributed by atoms with E-state index >= 15 is 0 Å². The van der Waals surface area contributed by atoms with Gasteiger partial charge in [-0.2, -0.15) is 0 Å². The fraction of sp³-hybridized carbons (Fsp3) is 0.379. The highest BCUT2D eigenvalue weighted by atomic mass is 16.5. The summed E-state index contributed by atoms with van der Waals surface area (Å²) in [4.78, 5) is 0. The van der Waals surface area contributed by atoms with Crippen LogP contribution in [0, 0.1) is 6.92 Å². The summed E-state index contributed by atoms with van der Waals surface area (Å²) in [5.74, 6) is 1.31.